The van der Waals surface area contributed by atoms with E-state index < -0.39 is 11.4 Å². The van der Waals surface area contributed by atoms with Gasteiger partial charge in [-0.05, 0) is 19.9 Å². The second-order valence-electron chi connectivity index (χ2n) is 4.64. The summed E-state index contributed by atoms with van der Waals surface area (Å²) in [7, 11) is 7.05. The van der Waals surface area contributed by atoms with Crippen LogP contribution in [0.2, 0.25) is 10.8 Å². The average molecular weight is 263 g/mol. The molecule has 0 aromatic heterocycles. The number of hydrogen-bond donors (Lipinski definition) is 0. The maximum atomic E-state index is 13.8. The van der Waals surface area contributed by atoms with Crippen LogP contribution in [0.25, 0.3) is 5.83 Å². The molecule has 93 valence electrons. The quantitative estimate of drug-likeness (QED) is 0.730. The topological polar surface area (TPSA) is 9.23 Å². The molecule has 5 heteroatoms. The minimum absolute atomic E-state index is 0.162. The molecular weight excluding hydrogens is 248 g/mol. The van der Waals surface area contributed by atoms with Gasteiger partial charge in [-0.25, -0.2) is 4.39 Å². The molecule has 0 amide bonds. The summed E-state index contributed by atoms with van der Waals surface area (Å²) in [5.41, 5.74) is -0.199. The van der Waals surface area contributed by atoms with Crippen molar-refractivity contribution >= 4 is 32.8 Å². The molecule has 0 saturated heterocycles. The van der Waals surface area contributed by atoms with Crippen LogP contribution in [-0.2, 0) is 4.65 Å². The van der Waals surface area contributed by atoms with E-state index in [2.05, 4.69) is 0 Å². The SMILES string of the molecule is [B]C(C)C(C)(C)O[B]/C=C(\F)c1ccccc1Cl. The van der Waals surface area contributed by atoms with Gasteiger partial charge in [-0.3, -0.25) is 0 Å². The molecule has 0 aliphatic heterocycles. The maximum absolute atomic E-state index is 13.8. The molecule has 0 aliphatic rings. The molecule has 0 bridgehead atoms. The van der Waals surface area contributed by atoms with Crippen molar-refractivity contribution in [2.45, 2.75) is 32.2 Å². The first-order chi connectivity index (χ1) is 8.34. The summed E-state index contributed by atoms with van der Waals surface area (Å²) in [5.74, 6) is 0.636. The predicted molar refractivity (Wildman–Crippen MR) is 76.6 cm³/mol. The van der Waals surface area contributed by atoms with Crippen molar-refractivity contribution < 1.29 is 9.04 Å². The molecule has 18 heavy (non-hydrogen) atoms. The van der Waals surface area contributed by atoms with Gasteiger partial charge in [-0.2, -0.15) is 0 Å². The van der Waals surface area contributed by atoms with Crippen molar-refractivity contribution in [3.05, 3.63) is 40.8 Å². The third-order valence-electron chi connectivity index (χ3n) is 2.81. The van der Waals surface area contributed by atoms with E-state index >= 15 is 0 Å². The van der Waals surface area contributed by atoms with Crippen LogP contribution < -0.4 is 0 Å². The lowest BCUT2D eigenvalue weighted by molar-refractivity contribution is 0.115. The molecule has 1 aromatic carbocycles. The standard InChI is InChI=1S/C13H15B2ClFO/c1-9(14)13(2,3)18-15-8-12(17)10-6-4-5-7-11(10)16/h4-9H,1-3H3/b12-8-. The lowest BCUT2D eigenvalue weighted by Crippen LogP contribution is -2.30. The summed E-state index contributed by atoms with van der Waals surface area (Å²) in [6.07, 6.45) is 0. The van der Waals surface area contributed by atoms with Crippen LogP contribution in [0.4, 0.5) is 4.39 Å². The van der Waals surface area contributed by atoms with Gasteiger partial charge in [0, 0.05) is 11.2 Å². The van der Waals surface area contributed by atoms with Gasteiger partial charge < -0.3 is 4.65 Å². The Labute approximate surface area is 115 Å². The highest BCUT2D eigenvalue weighted by Gasteiger charge is 2.21. The molecule has 0 N–H and O–H groups in total. The van der Waals surface area contributed by atoms with E-state index in [0.29, 0.717) is 10.6 Å². The summed E-state index contributed by atoms with van der Waals surface area (Å²) in [6, 6.07) is 6.72. The van der Waals surface area contributed by atoms with E-state index in [1.54, 1.807) is 24.3 Å². The molecule has 1 nitrogen and oxygen atoms in total. The highest BCUT2D eigenvalue weighted by molar-refractivity contribution is 6.37. The fourth-order valence-electron chi connectivity index (χ4n) is 1.12. The van der Waals surface area contributed by atoms with Gasteiger partial charge in [0.1, 0.15) is 5.83 Å². The van der Waals surface area contributed by atoms with Crippen LogP contribution in [-0.4, -0.2) is 20.9 Å². The van der Waals surface area contributed by atoms with E-state index in [-0.39, 0.29) is 5.82 Å². The lowest BCUT2D eigenvalue weighted by Gasteiger charge is -2.29. The molecule has 1 atom stereocenters. The van der Waals surface area contributed by atoms with Gasteiger partial charge in [0.25, 0.3) is 0 Å². The van der Waals surface area contributed by atoms with E-state index in [0.717, 1.165) is 0 Å². The highest BCUT2D eigenvalue weighted by Crippen LogP contribution is 2.25. The third-order valence-corrected chi connectivity index (χ3v) is 3.14. The fourth-order valence-corrected chi connectivity index (χ4v) is 1.35. The molecule has 0 spiro atoms. The van der Waals surface area contributed by atoms with Crippen molar-refractivity contribution in [3.8, 4) is 0 Å². The molecule has 3 radical (unpaired) electrons. The zero-order chi connectivity index (χ0) is 13.8. The van der Waals surface area contributed by atoms with Gasteiger partial charge in [-0.1, -0.05) is 48.5 Å². The monoisotopic (exact) mass is 263 g/mol. The van der Waals surface area contributed by atoms with Crippen molar-refractivity contribution in [2.75, 3.05) is 0 Å². The van der Waals surface area contributed by atoms with E-state index in [1.165, 1.54) is 13.5 Å². The van der Waals surface area contributed by atoms with Crippen molar-refractivity contribution in [2.24, 2.45) is 0 Å². The average Bonchev–Trinajstić information content (AvgIpc) is 2.29. The summed E-state index contributed by atoms with van der Waals surface area (Å²) >= 11 is 5.88. The lowest BCUT2D eigenvalue weighted by atomic mass is 9.75. The minimum Gasteiger partial charge on any atom is -0.431 e. The highest BCUT2D eigenvalue weighted by atomic mass is 35.5. The molecule has 0 saturated carbocycles. The molecule has 0 aliphatic carbocycles. The zero-order valence-corrected chi connectivity index (χ0v) is 11.5. The number of halogens is 2. The van der Waals surface area contributed by atoms with Crippen LogP contribution in [0.3, 0.4) is 0 Å². The summed E-state index contributed by atoms with van der Waals surface area (Å²) in [5, 5.41) is 0.367. The number of hydrogen-bond acceptors (Lipinski definition) is 1. The summed E-state index contributed by atoms with van der Waals surface area (Å²) in [4.78, 5) is 0. The second-order valence-corrected chi connectivity index (χ2v) is 5.05. The largest absolute Gasteiger partial charge is 0.431 e. The van der Waals surface area contributed by atoms with E-state index in [1.807, 2.05) is 20.8 Å². The molecule has 0 heterocycles. The van der Waals surface area contributed by atoms with Gasteiger partial charge in [0.15, 0.2) is 0 Å². The molecule has 1 aromatic rings. The zero-order valence-electron chi connectivity index (χ0n) is 10.8. The number of benzene rings is 1. The molecule has 1 unspecified atom stereocenters. The Morgan fingerprint density at radius 1 is 1.50 bits per heavy atom. The Kier molecular flexibility index (Phi) is 5.48. The second kappa shape index (κ2) is 6.44. The van der Waals surface area contributed by atoms with Crippen LogP contribution >= 0.6 is 11.6 Å². The Morgan fingerprint density at radius 3 is 2.67 bits per heavy atom. The number of rotatable bonds is 5. The normalized spacial score (nSPS) is 14.4. The third kappa shape index (κ3) is 4.18. The first kappa shape index (κ1) is 15.3. The van der Waals surface area contributed by atoms with E-state index in [9.17, 15) is 4.39 Å². The summed E-state index contributed by atoms with van der Waals surface area (Å²) < 4.78 is 19.2. The fraction of sp³-hybridized carbons (Fsp3) is 0.385. The van der Waals surface area contributed by atoms with Crippen molar-refractivity contribution in [3.63, 3.8) is 0 Å². The van der Waals surface area contributed by atoms with Crippen LogP contribution in [0.15, 0.2) is 30.2 Å². The molecular formula is C13H15B2ClFO. The minimum atomic E-state index is -0.544. The Hall–Kier alpha value is -0.730. The van der Waals surface area contributed by atoms with Gasteiger partial charge in [-0.15, -0.1) is 0 Å². The van der Waals surface area contributed by atoms with Gasteiger partial charge in [0.2, 0.25) is 0 Å². The Morgan fingerprint density at radius 2 is 2.11 bits per heavy atom. The summed E-state index contributed by atoms with van der Waals surface area (Å²) in [6.45, 7) is 5.52. The van der Waals surface area contributed by atoms with Gasteiger partial charge >= 0.3 is 7.48 Å². The Balaban J connectivity index is 2.67. The predicted octanol–water partition coefficient (Wildman–Crippen LogP) is 4.00. The van der Waals surface area contributed by atoms with Crippen LogP contribution in [0.1, 0.15) is 26.3 Å². The van der Waals surface area contributed by atoms with Gasteiger partial charge in [0.05, 0.1) is 12.9 Å². The van der Waals surface area contributed by atoms with E-state index in [4.69, 9.17) is 24.1 Å². The first-order valence-electron chi connectivity index (χ1n) is 5.72. The Bertz CT molecular complexity index is 433. The van der Waals surface area contributed by atoms with Crippen molar-refractivity contribution in [1.82, 2.24) is 0 Å². The van der Waals surface area contributed by atoms with Crippen LogP contribution in [0.5, 0.6) is 0 Å². The smallest absolute Gasteiger partial charge is 0.325 e. The molecule has 0 fully saturated rings. The van der Waals surface area contributed by atoms with Crippen molar-refractivity contribution in [1.29, 1.82) is 0 Å². The molecule has 1 rings (SSSR count). The maximum Gasteiger partial charge on any atom is 0.325 e. The van der Waals surface area contributed by atoms with Crippen LogP contribution in [0, 0.1) is 0 Å². The first-order valence-corrected chi connectivity index (χ1v) is 6.09.